The van der Waals surface area contributed by atoms with Crippen LogP contribution in [0, 0.1) is 5.82 Å². The summed E-state index contributed by atoms with van der Waals surface area (Å²) < 4.78 is 75.4. The van der Waals surface area contributed by atoms with Crippen LogP contribution in [0.15, 0.2) is 32.7 Å². The highest BCUT2D eigenvalue weighted by molar-refractivity contribution is 7.89. The summed E-state index contributed by atoms with van der Waals surface area (Å²) in [4.78, 5) is 23.2. The quantitative estimate of drug-likeness (QED) is 0.758. The molecule has 0 aliphatic rings. The van der Waals surface area contributed by atoms with Crippen LogP contribution in [-0.2, 0) is 23.2 Å². The number of nitrogens with two attached hydrogens (primary N) is 1. The molecule has 0 bridgehead atoms. The summed E-state index contributed by atoms with van der Waals surface area (Å²) in [7, 11) is -3.73. The fourth-order valence-corrected chi connectivity index (χ4v) is 3.11. The molecule has 1 heterocycles. The van der Waals surface area contributed by atoms with Gasteiger partial charge in [-0.15, -0.1) is 0 Å². The van der Waals surface area contributed by atoms with Crippen molar-refractivity contribution in [1.82, 2.24) is 9.13 Å². The zero-order valence-electron chi connectivity index (χ0n) is 12.1. The van der Waals surface area contributed by atoms with Crippen molar-refractivity contribution in [2.45, 2.75) is 11.1 Å². The highest BCUT2D eigenvalue weighted by Crippen LogP contribution is 2.28. The maximum atomic E-state index is 14.1. The first-order valence-electron chi connectivity index (χ1n) is 6.17. The molecule has 136 valence electrons. The van der Waals surface area contributed by atoms with Crippen LogP contribution in [0.2, 0.25) is 5.02 Å². The summed E-state index contributed by atoms with van der Waals surface area (Å²) in [5.41, 5.74) is -5.52. The number of benzene rings is 1. The Labute approximate surface area is 141 Å². The van der Waals surface area contributed by atoms with E-state index in [1.54, 1.807) is 0 Å². The fraction of sp³-hybridized carbons (Fsp3) is 0.167. The molecule has 0 saturated heterocycles. The first-order chi connectivity index (χ1) is 11.2. The number of aromatic nitrogens is 2. The summed E-state index contributed by atoms with van der Waals surface area (Å²) in [6.45, 7) is 0. The van der Waals surface area contributed by atoms with Gasteiger partial charge in [0.25, 0.3) is 5.56 Å². The Morgan fingerprint density at radius 3 is 2.20 bits per heavy atom. The van der Waals surface area contributed by atoms with E-state index in [2.05, 4.69) is 0 Å². The fourth-order valence-electron chi connectivity index (χ4n) is 2.03. The zero-order chi connectivity index (χ0) is 19.3. The summed E-state index contributed by atoms with van der Waals surface area (Å²) in [5.74, 6) is -1.31. The molecule has 0 spiro atoms. The number of primary sulfonamides is 1. The third kappa shape index (κ3) is 3.45. The molecule has 7 nitrogen and oxygen atoms in total. The number of halogens is 5. The number of nitrogens with zero attached hydrogens (tertiary/aromatic N) is 2. The van der Waals surface area contributed by atoms with Crippen LogP contribution in [-0.4, -0.2) is 17.6 Å². The van der Waals surface area contributed by atoms with E-state index in [4.69, 9.17) is 16.7 Å². The average Bonchev–Trinajstić information content (AvgIpc) is 2.42. The van der Waals surface area contributed by atoms with Gasteiger partial charge in [0.15, 0.2) is 0 Å². The van der Waals surface area contributed by atoms with Crippen LogP contribution in [0.1, 0.15) is 5.69 Å². The first kappa shape index (κ1) is 19.1. The summed E-state index contributed by atoms with van der Waals surface area (Å²) in [6.07, 6.45) is -5.00. The second-order valence-corrected chi connectivity index (χ2v) is 6.76. The predicted octanol–water partition coefficient (Wildman–Crippen LogP) is 0.995. The van der Waals surface area contributed by atoms with Gasteiger partial charge in [-0.05, 0) is 12.1 Å². The third-order valence-electron chi connectivity index (χ3n) is 3.16. The highest BCUT2D eigenvalue weighted by Gasteiger charge is 2.35. The van der Waals surface area contributed by atoms with Gasteiger partial charge < -0.3 is 0 Å². The number of hydrogen-bond donors (Lipinski definition) is 1. The van der Waals surface area contributed by atoms with Crippen molar-refractivity contribution in [3.8, 4) is 5.69 Å². The van der Waals surface area contributed by atoms with E-state index in [0.717, 1.165) is 7.05 Å². The Kier molecular flexibility index (Phi) is 4.57. The van der Waals surface area contributed by atoms with Crippen LogP contribution in [0.4, 0.5) is 17.6 Å². The Hall–Kier alpha value is -2.18. The van der Waals surface area contributed by atoms with Crippen molar-refractivity contribution >= 4 is 21.6 Å². The molecule has 1 aromatic heterocycles. The molecule has 2 N–H and O–H groups in total. The minimum Gasteiger partial charge on any atom is -0.292 e. The van der Waals surface area contributed by atoms with Crippen LogP contribution in [0.3, 0.4) is 0 Å². The monoisotopic (exact) mass is 401 g/mol. The molecule has 0 aliphatic heterocycles. The molecule has 0 fully saturated rings. The molecule has 2 aromatic rings. The van der Waals surface area contributed by atoms with Crippen molar-refractivity contribution in [3.63, 3.8) is 0 Å². The molecule has 0 aliphatic carbocycles. The Balaban J connectivity index is 2.92. The lowest BCUT2D eigenvalue weighted by Gasteiger charge is -2.15. The van der Waals surface area contributed by atoms with Crippen LogP contribution in [0.25, 0.3) is 5.69 Å². The van der Waals surface area contributed by atoms with E-state index in [1.807, 2.05) is 0 Å². The molecule has 0 atom stereocenters. The maximum absolute atomic E-state index is 14.1. The number of alkyl halides is 3. The Morgan fingerprint density at radius 2 is 1.72 bits per heavy atom. The number of sulfonamides is 1. The average molecular weight is 402 g/mol. The van der Waals surface area contributed by atoms with E-state index in [1.165, 1.54) is 0 Å². The molecule has 0 radical (unpaired) electrons. The van der Waals surface area contributed by atoms with Crippen molar-refractivity contribution < 1.29 is 26.0 Å². The highest BCUT2D eigenvalue weighted by atomic mass is 35.5. The summed E-state index contributed by atoms with van der Waals surface area (Å²) in [6, 6.07) is 1.04. The lowest BCUT2D eigenvalue weighted by molar-refractivity contribution is -0.144. The smallest absolute Gasteiger partial charge is 0.292 e. The van der Waals surface area contributed by atoms with Crippen molar-refractivity contribution in [1.29, 1.82) is 0 Å². The topological polar surface area (TPSA) is 104 Å². The summed E-state index contributed by atoms with van der Waals surface area (Å²) in [5, 5.41) is 4.26. The molecule has 25 heavy (non-hydrogen) atoms. The molecular weight excluding hydrogens is 394 g/mol. The van der Waals surface area contributed by atoms with Gasteiger partial charge in [-0.3, -0.25) is 9.36 Å². The molecular formula is C12H8ClF4N3O4S. The van der Waals surface area contributed by atoms with Crippen LogP contribution >= 0.6 is 11.6 Å². The SMILES string of the molecule is Cn1c(C(F)(F)F)cc(=O)n(-c2cc(S(N)(=O)=O)c(Cl)cc2F)c1=O. The van der Waals surface area contributed by atoms with Crippen molar-refractivity contribution in [2.75, 3.05) is 0 Å². The number of hydrogen-bond acceptors (Lipinski definition) is 4. The van der Waals surface area contributed by atoms with Gasteiger partial charge in [-0.25, -0.2) is 27.3 Å². The van der Waals surface area contributed by atoms with Gasteiger partial charge in [0.2, 0.25) is 10.0 Å². The molecule has 1 aromatic carbocycles. The normalized spacial score (nSPS) is 12.4. The van der Waals surface area contributed by atoms with Gasteiger partial charge in [-0.1, -0.05) is 11.6 Å². The van der Waals surface area contributed by atoms with E-state index >= 15 is 0 Å². The minimum absolute atomic E-state index is 0.0373. The van der Waals surface area contributed by atoms with Crippen LogP contribution < -0.4 is 16.4 Å². The molecule has 13 heteroatoms. The molecule has 0 amide bonds. The van der Waals surface area contributed by atoms with Gasteiger partial charge in [-0.2, -0.15) is 13.2 Å². The van der Waals surface area contributed by atoms with Gasteiger partial charge in [0.1, 0.15) is 16.4 Å². The van der Waals surface area contributed by atoms with E-state index in [-0.39, 0.29) is 15.2 Å². The van der Waals surface area contributed by atoms with E-state index in [0.29, 0.717) is 12.1 Å². The van der Waals surface area contributed by atoms with Crippen molar-refractivity contribution in [3.05, 3.63) is 55.6 Å². The largest absolute Gasteiger partial charge is 0.431 e. The van der Waals surface area contributed by atoms with Crippen molar-refractivity contribution in [2.24, 2.45) is 12.2 Å². The zero-order valence-corrected chi connectivity index (χ0v) is 13.7. The Morgan fingerprint density at radius 1 is 1.16 bits per heavy atom. The second-order valence-electron chi connectivity index (χ2n) is 4.82. The van der Waals surface area contributed by atoms with E-state index < -0.39 is 54.6 Å². The minimum atomic E-state index is -5.00. The third-order valence-corrected chi connectivity index (χ3v) is 4.53. The lowest BCUT2D eigenvalue weighted by atomic mass is 10.3. The van der Waals surface area contributed by atoms with E-state index in [9.17, 15) is 35.6 Å². The predicted molar refractivity (Wildman–Crippen MR) is 78.6 cm³/mol. The molecule has 0 unspecified atom stereocenters. The second kappa shape index (κ2) is 5.97. The Bertz CT molecular complexity index is 1090. The van der Waals surface area contributed by atoms with Gasteiger partial charge in [0.05, 0.1) is 10.7 Å². The molecule has 0 saturated carbocycles. The van der Waals surface area contributed by atoms with Gasteiger partial charge >= 0.3 is 11.9 Å². The maximum Gasteiger partial charge on any atom is 0.431 e. The number of rotatable bonds is 2. The lowest BCUT2D eigenvalue weighted by Crippen LogP contribution is -2.41. The summed E-state index contributed by atoms with van der Waals surface area (Å²) >= 11 is 5.55. The van der Waals surface area contributed by atoms with Crippen LogP contribution in [0.5, 0.6) is 0 Å². The van der Waals surface area contributed by atoms with Gasteiger partial charge in [0, 0.05) is 13.1 Å². The standard InChI is InChI=1S/C12H8ClF4N3O4S/c1-19-9(12(15,16)17)4-10(21)20(11(19)22)7-3-8(25(18,23)24)5(13)2-6(7)14/h2-4H,1H3,(H2,18,23,24). The first-order valence-corrected chi connectivity index (χ1v) is 8.10. The molecule has 2 rings (SSSR count).